The number of hydrogen-bond donors (Lipinski definition) is 0. The highest BCUT2D eigenvalue weighted by atomic mass is 35.5. The van der Waals surface area contributed by atoms with Gasteiger partial charge < -0.3 is 23.8 Å². The van der Waals surface area contributed by atoms with Gasteiger partial charge in [-0.05, 0) is 25.0 Å². The molecule has 2 rings (SSSR count). The van der Waals surface area contributed by atoms with Crippen LogP contribution >= 0.6 is 12.4 Å². The molecule has 6 nitrogen and oxygen atoms in total. The summed E-state index contributed by atoms with van der Waals surface area (Å²) < 4.78 is 22.3. The summed E-state index contributed by atoms with van der Waals surface area (Å²) in [5.41, 5.74) is 0. The summed E-state index contributed by atoms with van der Waals surface area (Å²) in [7, 11) is 0. The van der Waals surface area contributed by atoms with Crippen molar-refractivity contribution in [2.24, 2.45) is 5.92 Å². The maximum atomic E-state index is 12.0. The van der Waals surface area contributed by atoms with Gasteiger partial charge in [0.1, 0.15) is 12.7 Å². The second-order valence-electron chi connectivity index (χ2n) is 6.10. The summed E-state index contributed by atoms with van der Waals surface area (Å²) >= 11 is 0. The third-order valence-electron chi connectivity index (χ3n) is 3.51. The van der Waals surface area contributed by atoms with E-state index in [2.05, 4.69) is 0 Å². The van der Waals surface area contributed by atoms with Crippen molar-refractivity contribution < 1.29 is 23.7 Å². The Bertz CT molecular complexity index is 526. The van der Waals surface area contributed by atoms with E-state index < -0.39 is 0 Å². The monoisotopic (exact) mass is 373 g/mol. The molecule has 0 unspecified atom stereocenters. The number of amides is 1. The van der Waals surface area contributed by atoms with E-state index in [1.54, 1.807) is 4.90 Å². The topological polar surface area (TPSA) is 57.2 Å². The van der Waals surface area contributed by atoms with Crippen LogP contribution in [-0.4, -0.2) is 56.6 Å². The number of para-hydroxylation sites is 2. The molecule has 1 aliphatic heterocycles. The first-order valence-electron chi connectivity index (χ1n) is 8.48. The summed E-state index contributed by atoms with van der Waals surface area (Å²) in [6.07, 6.45) is -0.466. The van der Waals surface area contributed by atoms with Gasteiger partial charge in [0.2, 0.25) is 0 Å². The van der Waals surface area contributed by atoms with Gasteiger partial charge in [-0.3, -0.25) is 0 Å². The highest BCUT2D eigenvalue weighted by Gasteiger charge is 2.26. The van der Waals surface area contributed by atoms with Crippen molar-refractivity contribution in [3.05, 3.63) is 24.3 Å². The van der Waals surface area contributed by atoms with Gasteiger partial charge in [0, 0.05) is 6.54 Å². The van der Waals surface area contributed by atoms with E-state index >= 15 is 0 Å². The molecule has 0 spiro atoms. The van der Waals surface area contributed by atoms with Crippen LogP contribution in [0.5, 0.6) is 11.5 Å². The zero-order chi connectivity index (χ0) is 17.4. The van der Waals surface area contributed by atoms with Crippen LogP contribution in [0.2, 0.25) is 0 Å². The van der Waals surface area contributed by atoms with Crippen LogP contribution in [0.4, 0.5) is 4.79 Å². The molecule has 1 aromatic rings. The van der Waals surface area contributed by atoms with Gasteiger partial charge in [-0.1, -0.05) is 26.0 Å². The van der Waals surface area contributed by atoms with Gasteiger partial charge in [0.25, 0.3) is 0 Å². The van der Waals surface area contributed by atoms with E-state index in [4.69, 9.17) is 18.9 Å². The predicted octanol–water partition coefficient (Wildman–Crippen LogP) is 3.38. The highest BCUT2D eigenvalue weighted by molar-refractivity contribution is 5.85. The molecule has 7 heteroatoms. The fourth-order valence-corrected chi connectivity index (χ4v) is 2.34. The van der Waals surface area contributed by atoms with Crippen molar-refractivity contribution in [2.75, 3.05) is 39.5 Å². The molecule has 1 amide bonds. The molecule has 1 heterocycles. The largest absolute Gasteiger partial charge is 0.490 e. The average molecular weight is 374 g/mol. The van der Waals surface area contributed by atoms with E-state index in [9.17, 15) is 4.79 Å². The van der Waals surface area contributed by atoms with Crippen molar-refractivity contribution >= 4 is 18.5 Å². The van der Waals surface area contributed by atoms with Gasteiger partial charge in [-0.15, -0.1) is 12.4 Å². The molecule has 1 saturated heterocycles. The minimum atomic E-state index is -0.285. The zero-order valence-corrected chi connectivity index (χ0v) is 15.9. The molecule has 142 valence electrons. The summed E-state index contributed by atoms with van der Waals surface area (Å²) in [5, 5.41) is 0. The van der Waals surface area contributed by atoms with Gasteiger partial charge >= 0.3 is 6.09 Å². The Balaban J connectivity index is 0.00000312. The van der Waals surface area contributed by atoms with E-state index in [-0.39, 0.29) is 24.6 Å². The lowest BCUT2D eigenvalue weighted by molar-refractivity contribution is -0.0462. The summed E-state index contributed by atoms with van der Waals surface area (Å²) in [6.45, 7) is 8.82. The average Bonchev–Trinajstić information content (AvgIpc) is 2.59. The molecule has 1 fully saturated rings. The number of nitrogens with zero attached hydrogens (tertiary/aromatic N) is 1. The third kappa shape index (κ3) is 7.00. The van der Waals surface area contributed by atoms with Gasteiger partial charge in [0.15, 0.2) is 11.5 Å². The van der Waals surface area contributed by atoms with Crippen LogP contribution in [0.1, 0.15) is 20.8 Å². The molecule has 0 saturated carbocycles. The van der Waals surface area contributed by atoms with Crippen LogP contribution in [0.3, 0.4) is 0 Å². The molecular formula is C18H28ClNO5. The summed E-state index contributed by atoms with van der Waals surface area (Å²) in [6, 6.07) is 7.54. The fourth-order valence-electron chi connectivity index (χ4n) is 2.34. The molecule has 0 aliphatic carbocycles. The molecular weight excluding hydrogens is 346 g/mol. The molecule has 0 aromatic heterocycles. The molecule has 0 N–H and O–H groups in total. The van der Waals surface area contributed by atoms with Gasteiger partial charge in [0.05, 0.1) is 26.4 Å². The Kier molecular flexibility index (Phi) is 9.45. The number of benzene rings is 1. The predicted molar refractivity (Wildman–Crippen MR) is 97.9 cm³/mol. The molecule has 0 bridgehead atoms. The standard InChI is InChI=1S/C18H27NO5.ClH/c1-4-21-16-7-5-6-8-17(16)23-13-15-11-19(9-10-22-15)18(20)24-12-14(2)3;/h5-8,14-15H,4,9-13H2,1-3H3;1H/t15-;/m0./s1. The Morgan fingerprint density at radius 2 is 1.96 bits per heavy atom. The number of halogens is 1. The van der Waals surface area contributed by atoms with Crippen molar-refractivity contribution in [1.82, 2.24) is 4.90 Å². The van der Waals surface area contributed by atoms with Crippen molar-refractivity contribution in [3.8, 4) is 11.5 Å². The number of rotatable bonds is 7. The van der Waals surface area contributed by atoms with Crippen molar-refractivity contribution in [1.29, 1.82) is 0 Å². The Hall–Kier alpha value is -1.66. The lowest BCUT2D eigenvalue weighted by atomic mass is 10.2. The van der Waals surface area contributed by atoms with Crippen LogP contribution in [0.25, 0.3) is 0 Å². The second-order valence-corrected chi connectivity index (χ2v) is 6.10. The second kappa shape index (κ2) is 11.1. The number of ether oxygens (including phenoxy) is 4. The van der Waals surface area contributed by atoms with Crippen LogP contribution in [0.15, 0.2) is 24.3 Å². The lowest BCUT2D eigenvalue weighted by Gasteiger charge is -2.32. The number of morpholine rings is 1. The molecule has 1 aliphatic rings. The van der Waals surface area contributed by atoms with E-state index in [0.29, 0.717) is 56.9 Å². The molecule has 0 radical (unpaired) electrons. The molecule has 1 aromatic carbocycles. The first kappa shape index (κ1) is 21.4. The number of carbonyl (C=O) groups excluding carboxylic acids is 1. The van der Waals surface area contributed by atoms with Crippen molar-refractivity contribution in [3.63, 3.8) is 0 Å². The Labute approximate surface area is 155 Å². The van der Waals surface area contributed by atoms with Crippen molar-refractivity contribution in [2.45, 2.75) is 26.9 Å². The van der Waals surface area contributed by atoms with E-state index in [1.807, 2.05) is 45.0 Å². The lowest BCUT2D eigenvalue weighted by Crippen LogP contribution is -2.48. The summed E-state index contributed by atoms with van der Waals surface area (Å²) in [4.78, 5) is 13.7. The third-order valence-corrected chi connectivity index (χ3v) is 3.51. The maximum absolute atomic E-state index is 12.0. The van der Waals surface area contributed by atoms with Crippen LogP contribution in [-0.2, 0) is 9.47 Å². The Morgan fingerprint density at radius 1 is 1.28 bits per heavy atom. The highest BCUT2D eigenvalue weighted by Crippen LogP contribution is 2.26. The van der Waals surface area contributed by atoms with Gasteiger partial charge in [-0.25, -0.2) is 4.79 Å². The SMILES string of the molecule is CCOc1ccccc1OC[C@@H]1CN(C(=O)OCC(C)C)CCO1.Cl. The summed E-state index contributed by atoms with van der Waals surface area (Å²) in [5.74, 6) is 1.72. The first-order chi connectivity index (χ1) is 11.6. The minimum absolute atomic E-state index is 0. The van der Waals surface area contributed by atoms with Crippen LogP contribution in [0, 0.1) is 5.92 Å². The van der Waals surface area contributed by atoms with Gasteiger partial charge in [-0.2, -0.15) is 0 Å². The smallest absolute Gasteiger partial charge is 0.409 e. The number of hydrogen-bond acceptors (Lipinski definition) is 5. The Morgan fingerprint density at radius 3 is 2.60 bits per heavy atom. The molecule has 1 atom stereocenters. The normalized spacial score (nSPS) is 17.0. The number of carbonyl (C=O) groups is 1. The maximum Gasteiger partial charge on any atom is 0.409 e. The van der Waals surface area contributed by atoms with Crippen LogP contribution < -0.4 is 9.47 Å². The van der Waals surface area contributed by atoms with E-state index in [0.717, 1.165) is 0 Å². The molecule has 25 heavy (non-hydrogen) atoms. The zero-order valence-electron chi connectivity index (χ0n) is 15.1. The minimum Gasteiger partial charge on any atom is -0.490 e. The van der Waals surface area contributed by atoms with E-state index in [1.165, 1.54) is 0 Å². The first-order valence-corrected chi connectivity index (χ1v) is 8.48. The fraction of sp³-hybridized carbons (Fsp3) is 0.611. The quantitative estimate of drug-likeness (QED) is 0.733.